The molecule has 0 aliphatic carbocycles. The van der Waals surface area contributed by atoms with Crippen LogP contribution >= 0.6 is 0 Å². The topological polar surface area (TPSA) is 235 Å². The van der Waals surface area contributed by atoms with E-state index in [1.165, 1.54) is 0 Å². The highest BCUT2D eigenvalue weighted by Crippen LogP contribution is 2.37. The van der Waals surface area contributed by atoms with Gasteiger partial charge in [0.1, 0.15) is 15.9 Å². The molecule has 0 saturated heterocycles. The predicted molar refractivity (Wildman–Crippen MR) is 75.3 cm³/mol. The number of rotatable bonds is 5. The summed E-state index contributed by atoms with van der Waals surface area (Å²) >= 11 is 0. The molecule has 1 aromatic carbocycles. The van der Waals surface area contributed by atoms with E-state index in [0.717, 1.165) is 18.2 Å². The zero-order valence-corrected chi connectivity index (χ0v) is 12.4. The molecule has 17 nitrogen and oxygen atoms in total. The second-order valence-electron chi connectivity index (χ2n) is 4.71. The highest BCUT2D eigenvalue weighted by Gasteiger charge is 2.39. The van der Waals surface area contributed by atoms with E-state index in [1.54, 1.807) is 0 Å². The van der Waals surface area contributed by atoms with Gasteiger partial charge in [0.2, 0.25) is 0 Å². The van der Waals surface area contributed by atoms with Gasteiger partial charge in [-0.25, -0.2) is 0 Å². The van der Waals surface area contributed by atoms with E-state index in [1.807, 2.05) is 0 Å². The van der Waals surface area contributed by atoms with Crippen molar-refractivity contribution in [2.45, 2.75) is 0 Å². The van der Waals surface area contributed by atoms with Crippen LogP contribution in [-0.2, 0) is 0 Å². The molecule has 2 aromatic heterocycles. The van der Waals surface area contributed by atoms with Crippen molar-refractivity contribution in [1.29, 1.82) is 0 Å². The molecule has 138 valence electrons. The van der Waals surface area contributed by atoms with E-state index in [2.05, 4.69) is 19.6 Å². The lowest BCUT2D eigenvalue weighted by molar-refractivity contribution is -0.825. The minimum atomic E-state index is -1.20. The summed E-state index contributed by atoms with van der Waals surface area (Å²) in [5.41, 5.74) is -2.91. The average molecular weight is 381 g/mol. The van der Waals surface area contributed by atoms with Crippen molar-refractivity contribution in [3.8, 4) is 22.5 Å². The molecule has 0 unspecified atom stereocenters. The maximum absolute atomic E-state index is 11.3. The van der Waals surface area contributed by atoms with Crippen LogP contribution in [0.5, 0.6) is 0 Å². The number of benzene rings is 1. The number of hydrogen-bond donors (Lipinski definition) is 0. The van der Waals surface area contributed by atoms with Crippen LogP contribution in [0, 0.1) is 40.8 Å². The summed E-state index contributed by atoms with van der Waals surface area (Å²) in [5, 5.41) is 62.1. The second kappa shape index (κ2) is 5.98. The molecule has 0 aliphatic rings. The SMILES string of the molecule is O=[N+]([O-])c1cc(-c2no[n+]([O-])c2[N+](=O)[O-])ccc1-c1no[n+]([O-])c1[N+](=O)[O-]. The molecule has 0 atom stereocenters. The van der Waals surface area contributed by atoms with Gasteiger partial charge in [-0.05, 0) is 12.1 Å². The summed E-state index contributed by atoms with van der Waals surface area (Å²) in [6, 6.07) is 2.69. The first-order chi connectivity index (χ1) is 12.7. The summed E-state index contributed by atoms with van der Waals surface area (Å²) in [4.78, 5) is 28.9. The Morgan fingerprint density at radius 3 is 1.85 bits per heavy atom. The third-order valence-electron chi connectivity index (χ3n) is 3.25. The van der Waals surface area contributed by atoms with Crippen LogP contribution < -0.4 is 9.81 Å². The van der Waals surface area contributed by atoms with Gasteiger partial charge in [-0.1, -0.05) is 0 Å². The lowest BCUT2D eigenvalue weighted by atomic mass is 10.0. The molecule has 0 spiro atoms. The van der Waals surface area contributed by atoms with E-state index in [0.29, 0.717) is 0 Å². The van der Waals surface area contributed by atoms with Gasteiger partial charge in [-0.15, -0.1) is 0 Å². The maximum Gasteiger partial charge on any atom is 0.496 e. The number of nitro groups is 3. The fraction of sp³-hybridized carbons (Fsp3) is 0. The smallest absolute Gasteiger partial charge is 0.323 e. The number of hydrogen-bond acceptors (Lipinski definition) is 12. The summed E-state index contributed by atoms with van der Waals surface area (Å²) < 4.78 is 8.22. The van der Waals surface area contributed by atoms with Crippen LogP contribution in [-0.4, -0.2) is 25.1 Å². The Labute approximate surface area is 144 Å². The molecule has 17 heteroatoms. The third-order valence-corrected chi connectivity index (χ3v) is 3.25. The fourth-order valence-electron chi connectivity index (χ4n) is 2.18. The molecule has 0 aliphatic heterocycles. The van der Waals surface area contributed by atoms with E-state index in [4.69, 9.17) is 0 Å². The highest BCUT2D eigenvalue weighted by molar-refractivity contribution is 5.79. The molecule has 0 fully saturated rings. The van der Waals surface area contributed by atoms with Crippen LogP contribution in [0.1, 0.15) is 0 Å². The molecular weight excluding hydrogens is 378 g/mol. The Morgan fingerprint density at radius 2 is 1.33 bits per heavy atom. The molecule has 3 rings (SSSR count). The first-order valence-electron chi connectivity index (χ1n) is 6.49. The first-order valence-corrected chi connectivity index (χ1v) is 6.49. The number of nitro benzene ring substituents is 1. The van der Waals surface area contributed by atoms with E-state index in [-0.39, 0.29) is 5.56 Å². The van der Waals surface area contributed by atoms with E-state index >= 15 is 0 Å². The largest absolute Gasteiger partial charge is 0.496 e. The number of aromatic nitrogens is 4. The maximum atomic E-state index is 11.3. The molecule has 0 N–H and O–H groups in total. The molecule has 0 radical (unpaired) electrons. The minimum absolute atomic E-state index is 0.267. The van der Waals surface area contributed by atoms with Crippen molar-refractivity contribution in [3.05, 3.63) is 59.0 Å². The Bertz CT molecular complexity index is 1100. The number of nitrogens with zero attached hydrogens (tertiary/aromatic N) is 7. The van der Waals surface area contributed by atoms with Crippen LogP contribution in [0.2, 0.25) is 0 Å². The monoisotopic (exact) mass is 381 g/mol. The summed E-state index contributed by atoms with van der Waals surface area (Å²) in [5.74, 6) is -2.32. The van der Waals surface area contributed by atoms with Gasteiger partial charge in [-0.2, -0.15) is 9.26 Å². The Kier molecular flexibility index (Phi) is 3.80. The first kappa shape index (κ1) is 17.1. The predicted octanol–water partition coefficient (Wildman–Crippen LogP) is -0.0120. The van der Waals surface area contributed by atoms with Crippen molar-refractivity contribution in [1.82, 2.24) is 10.3 Å². The van der Waals surface area contributed by atoms with E-state index < -0.39 is 58.9 Å². The molecule has 0 bridgehead atoms. The third kappa shape index (κ3) is 2.69. The minimum Gasteiger partial charge on any atom is -0.323 e. The van der Waals surface area contributed by atoms with Gasteiger partial charge < -0.3 is 30.6 Å². The summed E-state index contributed by atoms with van der Waals surface area (Å²) in [6.07, 6.45) is 0. The molecule has 0 saturated carbocycles. The van der Waals surface area contributed by atoms with Gasteiger partial charge in [0.15, 0.2) is 0 Å². The lowest BCUT2D eigenvalue weighted by Gasteiger charge is -1.98. The quantitative estimate of drug-likeness (QED) is 0.322. The Morgan fingerprint density at radius 1 is 0.815 bits per heavy atom. The molecule has 0 amide bonds. The molecule has 27 heavy (non-hydrogen) atoms. The Hall–Kier alpha value is -4.70. The lowest BCUT2D eigenvalue weighted by Crippen LogP contribution is -2.26. The van der Waals surface area contributed by atoms with Crippen molar-refractivity contribution in [2.24, 2.45) is 0 Å². The van der Waals surface area contributed by atoms with Crippen molar-refractivity contribution in [2.75, 3.05) is 0 Å². The van der Waals surface area contributed by atoms with Gasteiger partial charge in [0, 0.05) is 15.9 Å². The zero-order valence-electron chi connectivity index (χ0n) is 12.4. The average Bonchev–Trinajstić information content (AvgIpc) is 3.17. The normalized spacial score (nSPS) is 10.7. The second-order valence-corrected chi connectivity index (χ2v) is 4.71. The standard InChI is InChI=1S/C10H3N7O10/c18-13(19)6-3-4(7-9(14(20)21)16(24)26-11-7)1-2-5(6)8-10(15(22)23)17(25)27-12-8/h1-3H. The fourth-order valence-corrected chi connectivity index (χ4v) is 2.18. The summed E-state index contributed by atoms with van der Waals surface area (Å²) in [7, 11) is 0. The van der Waals surface area contributed by atoms with Crippen molar-refractivity contribution >= 4 is 17.3 Å². The summed E-state index contributed by atoms with van der Waals surface area (Å²) in [6.45, 7) is 0. The zero-order chi connectivity index (χ0) is 19.9. The van der Waals surface area contributed by atoms with Gasteiger partial charge >= 0.3 is 23.0 Å². The van der Waals surface area contributed by atoms with Gasteiger partial charge in [0.05, 0.1) is 20.3 Å². The van der Waals surface area contributed by atoms with Crippen molar-refractivity contribution in [3.63, 3.8) is 0 Å². The van der Waals surface area contributed by atoms with Crippen LogP contribution in [0.4, 0.5) is 17.3 Å². The van der Waals surface area contributed by atoms with Gasteiger partial charge in [-0.3, -0.25) is 10.1 Å². The van der Waals surface area contributed by atoms with E-state index in [9.17, 15) is 40.8 Å². The van der Waals surface area contributed by atoms with Crippen LogP contribution in [0.15, 0.2) is 27.5 Å². The molecule has 2 heterocycles. The molecular formula is C10H3N7O10. The van der Waals surface area contributed by atoms with Gasteiger partial charge in [0.25, 0.3) is 5.69 Å². The highest BCUT2D eigenvalue weighted by atomic mass is 16.8. The molecule has 3 aromatic rings. The van der Waals surface area contributed by atoms with Crippen LogP contribution in [0.25, 0.3) is 22.5 Å². The Balaban J connectivity index is 2.23. The van der Waals surface area contributed by atoms with Crippen LogP contribution in [0.3, 0.4) is 0 Å². The van der Waals surface area contributed by atoms with Crippen molar-refractivity contribution < 1.29 is 33.8 Å².